The molecule has 0 saturated heterocycles. The van der Waals surface area contributed by atoms with Crippen LogP contribution in [0.4, 0.5) is 0 Å². The van der Waals surface area contributed by atoms with Crippen LogP contribution < -0.4 is 0 Å². The van der Waals surface area contributed by atoms with E-state index in [1.165, 1.54) is 0 Å². The van der Waals surface area contributed by atoms with Gasteiger partial charge in [-0.2, -0.15) is 0 Å². The number of Topliss-reactive ketones (excluding diaryl/α,β-unsaturated/α-hetero) is 1. The second kappa shape index (κ2) is 4.10. The summed E-state index contributed by atoms with van der Waals surface area (Å²) < 4.78 is 0. The SMILES string of the molecule is C[Si](C)(C)C#CC1CCCC(=O)C1. The van der Waals surface area contributed by atoms with Gasteiger partial charge in [0.05, 0.1) is 0 Å². The molecule has 0 amide bonds. The molecule has 0 N–H and O–H groups in total. The topological polar surface area (TPSA) is 17.1 Å². The maximum Gasteiger partial charge on any atom is 0.134 e. The molecule has 0 aromatic carbocycles. The van der Waals surface area contributed by atoms with Crippen LogP contribution in [-0.4, -0.2) is 13.9 Å². The molecule has 1 saturated carbocycles. The van der Waals surface area contributed by atoms with E-state index in [2.05, 4.69) is 31.1 Å². The average Bonchev–Trinajstić information content (AvgIpc) is 2.00. The van der Waals surface area contributed by atoms with Crippen molar-refractivity contribution >= 4 is 13.9 Å². The van der Waals surface area contributed by atoms with Crippen molar-refractivity contribution in [1.82, 2.24) is 0 Å². The minimum Gasteiger partial charge on any atom is -0.300 e. The zero-order valence-electron chi connectivity index (χ0n) is 8.81. The third kappa shape index (κ3) is 4.28. The van der Waals surface area contributed by atoms with Gasteiger partial charge in [-0.1, -0.05) is 19.6 Å². The summed E-state index contributed by atoms with van der Waals surface area (Å²) >= 11 is 0. The number of carbonyl (C=O) groups excluding carboxylic acids is 1. The van der Waals surface area contributed by atoms with E-state index in [0.29, 0.717) is 18.1 Å². The van der Waals surface area contributed by atoms with Crippen molar-refractivity contribution in [3.05, 3.63) is 0 Å². The number of hydrogen-bond donors (Lipinski definition) is 0. The first kappa shape index (κ1) is 10.5. The van der Waals surface area contributed by atoms with Crippen molar-refractivity contribution in [2.24, 2.45) is 5.92 Å². The molecule has 0 aromatic heterocycles. The van der Waals surface area contributed by atoms with Crippen molar-refractivity contribution < 1.29 is 4.79 Å². The number of ketones is 1. The van der Waals surface area contributed by atoms with E-state index in [9.17, 15) is 4.79 Å². The molecule has 2 heteroatoms. The molecule has 0 aliphatic heterocycles. The van der Waals surface area contributed by atoms with Crippen molar-refractivity contribution in [3.63, 3.8) is 0 Å². The van der Waals surface area contributed by atoms with Crippen LogP contribution in [0.5, 0.6) is 0 Å². The maximum absolute atomic E-state index is 11.1. The first-order chi connectivity index (χ1) is 5.97. The Hall–Kier alpha value is -0.553. The van der Waals surface area contributed by atoms with Gasteiger partial charge in [0.2, 0.25) is 0 Å². The molecule has 0 radical (unpaired) electrons. The van der Waals surface area contributed by atoms with Gasteiger partial charge in [-0.3, -0.25) is 4.79 Å². The predicted molar refractivity (Wildman–Crippen MR) is 58.1 cm³/mol. The molecule has 0 aromatic rings. The van der Waals surface area contributed by atoms with Gasteiger partial charge in [-0.25, -0.2) is 0 Å². The van der Waals surface area contributed by atoms with Crippen LogP contribution >= 0.6 is 0 Å². The van der Waals surface area contributed by atoms with Crippen molar-refractivity contribution in [3.8, 4) is 11.5 Å². The van der Waals surface area contributed by atoms with Gasteiger partial charge < -0.3 is 0 Å². The molecule has 1 aliphatic rings. The fourth-order valence-electron chi connectivity index (χ4n) is 1.47. The lowest BCUT2D eigenvalue weighted by molar-refractivity contribution is -0.120. The molecular weight excluding hydrogens is 176 g/mol. The highest BCUT2D eigenvalue weighted by Crippen LogP contribution is 2.20. The molecule has 0 spiro atoms. The first-order valence-electron chi connectivity index (χ1n) is 5.02. The Bertz CT molecular complexity index is 251. The number of hydrogen-bond acceptors (Lipinski definition) is 1. The molecule has 1 nitrogen and oxygen atoms in total. The van der Waals surface area contributed by atoms with Gasteiger partial charge in [0.15, 0.2) is 0 Å². The Morgan fingerprint density at radius 3 is 2.62 bits per heavy atom. The third-order valence-electron chi connectivity index (χ3n) is 2.13. The first-order valence-corrected chi connectivity index (χ1v) is 8.52. The molecule has 1 atom stereocenters. The molecule has 1 unspecified atom stereocenters. The van der Waals surface area contributed by atoms with Crippen LogP contribution in [0.2, 0.25) is 19.6 Å². The zero-order valence-corrected chi connectivity index (χ0v) is 9.81. The largest absolute Gasteiger partial charge is 0.300 e. The highest BCUT2D eigenvalue weighted by molar-refractivity contribution is 6.83. The summed E-state index contributed by atoms with van der Waals surface area (Å²) in [6.45, 7) is 6.72. The summed E-state index contributed by atoms with van der Waals surface area (Å²) in [5.74, 6) is 4.06. The molecular formula is C11H18OSi. The normalized spacial score (nSPS) is 23.6. The van der Waals surface area contributed by atoms with Crippen molar-refractivity contribution in [2.45, 2.75) is 45.3 Å². The van der Waals surface area contributed by atoms with Crippen LogP contribution in [0.3, 0.4) is 0 Å². The summed E-state index contributed by atoms with van der Waals surface area (Å²) in [6, 6.07) is 0. The van der Waals surface area contributed by atoms with Gasteiger partial charge in [0, 0.05) is 18.8 Å². The van der Waals surface area contributed by atoms with E-state index in [0.717, 1.165) is 19.3 Å². The van der Waals surface area contributed by atoms with Crippen LogP contribution in [0, 0.1) is 17.4 Å². The number of carbonyl (C=O) groups is 1. The van der Waals surface area contributed by atoms with Crippen molar-refractivity contribution in [2.75, 3.05) is 0 Å². The Kier molecular flexibility index (Phi) is 3.32. The minimum atomic E-state index is -1.24. The Morgan fingerprint density at radius 2 is 2.08 bits per heavy atom. The monoisotopic (exact) mass is 194 g/mol. The van der Waals surface area contributed by atoms with E-state index < -0.39 is 8.07 Å². The highest BCUT2D eigenvalue weighted by atomic mass is 28.3. The molecule has 1 aliphatic carbocycles. The molecule has 1 rings (SSSR count). The van der Waals surface area contributed by atoms with E-state index in [-0.39, 0.29) is 0 Å². The summed E-state index contributed by atoms with van der Waals surface area (Å²) in [5, 5.41) is 0. The lowest BCUT2D eigenvalue weighted by atomic mass is 9.89. The summed E-state index contributed by atoms with van der Waals surface area (Å²) in [5.41, 5.74) is 3.35. The van der Waals surface area contributed by atoms with E-state index in [1.807, 2.05) is 0 Å². The second-order valence-electron chi connectivity index (χ2n) is 4.85. The molecule has 72 valence electrons. The standard InChI is InChI=1S/C11H18OSi/c1-13(2,3)8-7-10-5-4-6-11(12)9-10/h10H,4-6,9H2,1-3H3. The van der Waals surface area contributed by atoms with Gasteiger partial charge in [-0.15, -0.1) is 11.5 Å². The smallest absolute Gasteiger partial charge is 0.134 e. The minimum absolute atomic E-state index is 0.368. The third-order valence-corrected chi connectivity index (χ3v) is 3.03. The highest BCUT2D eigenvalue weighted by Gasteiger charge is 2.18. The van der Waals surface area contributed by atoms with Crippen molar-refractivity contribution in [1.29, 1.82) is 0 Å². The Balaban J connectivity index is 2.52. The van der Waals surface area contributed by atoms with Gasteiger partial charge in [0.25, 0.3) is 0 Å². The van der Waals surface area contributed by atoms with Gasteiger partial charge in [0.1, 0.15) is 13.9 Å². The molecule has 13 heavy (non-hydrogen) atoms. The summed E-state index contributed by atoms with van der Waals surface area (Å²) in [6.07, 6.45) is 3.66. The average molecular weight is 194 g/mol. The Labute approximate surface area is 81.9 Å². The molecule has 0 heterocycles. The van der Waals surface area contributed by atoms with E-state index >= 15 is 0 Å². The Morgan fingerprint density at radius 1 is 1.38 bits per heavy atom. The lowest BCUT2D eigenvalue weighted by Gasteiger charge is -2.15. The quantitative estimate of drug-likeness (QED) is 0.428. The van der Waals surface area contributed by atoms with Crippen LogP contribution in [-0.2, 0) is 4.79 Å². The molecule has 1 fully saturated rings. The predicted octanol–water partition coefficient (Wildman–Crippen LogP) is 2.63. The maximum atomic E-state index is 11.1. The molecule has 0 bridgehead atoms. The van der Waals surface area contributed by atoms with Gasteiger partial charge >= 0.3 is 0 Å². The lowest BCUT2D eigenvalue weighted by Crippen LogP contribution is -2.19. The number of rotatable bonds is 0. The van der Waals surface area contributed by atoms with Crippen LogP contribution in [0.1, 0.15) is 25.7 Å². The van der Waals surface area contributed by atoms with E-state index in [1.54, 1.807) is 0 Å². The van der Waals surface area contributed by atoms with E-state index in [4.69, 9.17) is 0 Å². The van der Waals surface area contributed by atoms with Gasteiger partial charge in [-0.05, 0) is 12.8 Å². The van der Waals surface area contributed by atoms with Crippen LogP contribution in [0.15, 0.2) is 0 Å². The fourth-order valence-corrected chi connectivity index (χ4v) is 2.10. The summed E-state index contributed by atoms with van der Waals surface area (Å²) in [4.78, 5) is 11.1. The zero-order chi connectivity index (χ0) is 9.90. The second-order valence-corrected chi connectivity index (χ2v) is 9.60. The summed E-state index contributed by atoms with van der Waals surface area (Å²) in [7, 11) is -1.24. The van der Waals surface area contributed by atoms with Crippen LogP contribution in [0.25, 0.3) is 0 Å². The fraction of sp³-hybridized carbons (Fsp3) is 0.727.